The molecule has 0 saturated carbocycles. The van der Waals surface area contributed by atoms with Gasteiger partial charge in [-0.3, -0.25) is 14.2 Å². The van der Waals surface area contributed by atoms with Gasteiger partial charge >= 0.3 is 0 Å². The molecular formula is C25H27FN4O2S. The average Bonchev–Trinajstić information content (AvgIpc) is 3.18. The number of hydrogen-bond acceptors (Lipinski definition) is 5. The number of nitrogens with zero attached hydrogens (tertiary/aromatic N) is 3. The van der Waals surface area contributed by atoms with E-state index in [0.29, 0.717) is 38.2 Å². The lowest BCUT2D eigenvalue weighted by Gasteiger charge is -2.22. The Labute approximate surface area is 195 Å². The number of anilines is 2. The van der Waals surface area contributed by atoms with Gasteiger partial charge in [-0.15, -0.1) is 11.3 Å². The van der Waals surface area contributed by atoms with Gasteiger partial charge in [0.1, 0.15) is 22.9 Å². The molecule has 0 aliphatic heterocycles. The Balaban J connectivity index is 1.66. The Morgan fingerprint density at radius 1 is 1.18 bits per heavy atom. The number of thiophene rings is 1. The smallest absolute Gasteiger partial charge is 0.272 e. The van der Waals surface area contributed by atoms with Crippen LogP contribution in [0.25, 0.3) is 20.3 Å². The summed E-state index contributed by atoms with van der Waals surface area (Å²) in [4.78, 5) is 33.0. The fourth-order valence-electron chi connectivity index (χ4n) is 4.11. The lowest BCUT2D eigenvalue weighted by Crippen LogP contribution is -2.30. The van der Waals surface area contributed by atoms with Gasteiger partial charge in [-0.25, -0.2) is 9.37 Å². The molecule has 2 aromatic heterocycles. The highest BCUT2D eigenvalue weighted by Crippen LogP contribution is 2.32. The van der Waals surface area contributed by atoms with Crippen molar-refractivity contribution in [2.75, 3.05) is 23.3 Å². The lowest BCUT2D eigenvalue weighted by atomic mass is 10.1. The quantitative estimate of drug-likeness (QED) is 0.411. The number of benzene rings is 2. The maximum atomic E-state index is 14.4. The first-order valence-corrected chi connectivity index (χ1v) is 11.9. The first-order valence-electron chi connectivity index (χ1n) is 11.1. The van der Waals surface area contributed by atoms with Gasteiger partial charge < -0.3 is 10.2 Å². The van der Waals surface area contributed by atoms with Gasteiger partial charge in [0.2, 0.25) is 5.91 Å². The molecule has 33 heavy (non-hydrogen) atoms. The van der Waals surface area contributed by atoms with Crippen LogP contribution in [0.1, 0.15) is 32.2 Å². The third-order valence-corrected chi connectivity index (χ3v) is 6.99. The standard InChI is InChI=1S/C25H27FN4O2S/c1-5-20-28-23-22-17(26)9-8-10-19(22)33-24(23)25(32)30(20)14-21(31)27-18-12-11-16(13-15(18)4)29(6-2)7-3/h8-13H,5-7,14H2,1-4H3,(H,27,31). The maximum Gasteiger partial charge on any atom is 0.272 e. The van der Waals surface area contributed by atoms with Crippen LogP contribution in [0, 0.1) is 12.7 Å². The van der Waals surface area contributed by atoms with Gasteiger partial charge in [-0.2, -0.15) is 0 Å². The molecule has 172 valence electrons. The van der Waals surface area contributed by atoms with Crippen LogP contribution in [0.3, 0.4) is 0 Å². The number of amides is 1. The number of nitrogens with one attached hydrogen (secondary N) is 1. The van der Waals surface area contributed by atoms with Crippen molar-refractivity contribution in [3.8, 4) is 0 Å². The van der Waals surface area contributed by atoms with E-state index in [1.54, 1.807) is 12.1 Å². The number of rotatable bonds is 7. The Morgan fingerprint density at radius 2 is 1.94 bits per heavy atom. The second kappa shape index (κ2) is 9.31. The second-order valence-corrected chi connectivity index (χ2v) is 8.94. The topological polar surface area (TPSA) is 67.2 Å². The molecule has 0 aliphatic rings. The van der Waals surface area contributed by atoms with Gasteiger partial charge in [0.05, 0.1) is 10.9 Å². The molecule has 8 heteroatoms. The van der Waals surface area contributed by atoms with Crippen LogP contribution in [0.4, 0.5) is 15.8 Å². The zero-order chi connectivity index (χ0) is 23.7. The molecule has 4 rings (SSSR count). The van der Waals surface area contributed by atoms with E-state index < -0.39 is 5.82 Å². The molecule has 0 radical (unpaired) electrons. The fraction of sp³-hybridized carbons (Fsp3) is 0.320. The van der Waals surface area contributed by atoms with Crippen LogP contribution in [0.5, 0.6) is 0 Å². The number of aromatic nitrogens is 2. The first-order chi connectivity index (χ1) is 15.9. The average molecular weight is 467 g/mol. The Kier molecular flexibility index (Phi) is 6.47. The van der Waals surface area contributed by atoms with Crippen LogP contribution >= 0.6 is 11.3 Å². The van der Waals surface area contributed by atoms with Crippen molar-refractivity contribution in [1.82, 2.24) is 9.55 Å². The summed E-state index contributed by atoms with van der Waals surface area (Å²) in [7, 11) is 0. The minimum absolute atomic E-state index is 0.154. The normalized spacial score (nSPS) is 11.3. The van der Waals surface area contributed by atoms with Gasteiger partial charge in [-0.05, 0) is 56.7 Å². The molecule has 0 unspecified atom stereocenters. The summed E-state index contributed by atoms with van der Waals surface area (Å²) in [6, 6.07) is 10.7. The molecule has 0 fully saturated rings. The van der Waals surface area contributed by atoms with Crippen LogP contribution in [-0.2, 0) is 17.8 Å². The molecule has 2 heterocycles. The van der Waals surface area contributed by atoms with Crippen LogP contribution < -0.4 is 15.8 Å². The summed E-state index contributed by atoms with van der Waals surface area (Å²) in [6.07, 6.45) is 0.446. The minimum Gasteiger partial charge on any atom is -0.372 e. The fourth-order valence-corrected chi connectivity index (χ4v) is 5.22. The summed E-state index contributed by atoms with van der Waals surface area (Å²) in [5.41, 5.74) is 2.81. The highest BCUT2D eigenvalue weighted by molar-refractivity contribution is 7.25. The van der Waals surface area contributed by atoms with E-state index in [4.69, 9.17) is 0 Å². The van der Waals surface area contributed by atoms with E-state index in [1.807, 2.05) is 32.0 Å². The van der Waals surface area contributed by atoms with Crippen LogP contribution in [0.2, 0.25) is 0 Å². The summed E-state index contributed by atoms with van der Waals surface area (Å²) < 4.78 is 16.8. The second-order valence-electron chi connectivity index (χ2n) is 7.89. The molecule has 0 saturated heterocycles. The summed E-state index contributed by atoms with van der Waals surface area (Å²) in [5.74, 6) is -0.245. The van der Waals surface area contributed by atoms with Crippen molar-refractivity contribution < 1.29 is 9.18 Å². The summed E-state index contributed by atoms with van der Waals surface area (Å²) in [6.45, 7) is 9.68. The molecule has 1 amide bonds. The maximum absolute atomic E-state index is 14.4. The molecule has 2 aromatic carbocycles. The monoisotopic (exact) mass is 466 g/mol. The first kappa shape index (κ1) is 22.9. The van der Waals surface area contributed by atoms with E-state index in [9.17, 15) is 14.0 Å². The number of aryl methyl sites for hydroxylation is 2. The third-order valence-electron chi connectivity index (χ3n) is 5.86. The molecule has 1 N–H and O–H groups in total. The van der Waals surface area contributed by atoms with Crippen molar-refractivity contribution in [2.24, 2.45) is 0 Å². The highest BCUT2D eigenvalue weighted by Gasteiger charge is 2.19. The zero-order valence-electron chi connectivity index (χ0n) is 19.2. The van der Waals surface area contributed by atoms with Gasteiger partial charge in [0.25, 0.3) is 5.56 Å². The number of carbonyl (C=O) groups is 1. The minimum atomic E-state index is -0.396. The summed E-state index contributed by atoms with van der Waals surface area (Å²) in [5, 5.41) is 3.29. The molecule has 6 nitrogen and oxygen atoms in total. The molecule has 0 aliphatic carbocycles. The largest absolute Gasteiger partial charge is 0.372 e. The van der Waals surface area contributed by atoms with E-state index in [-0.39, 0.29) is 18.0 Å². The van der Waals surface area contributed by atoms with E-state index in [1.165, 1.54) is 22.0 Å². The Morgan fingerprint density at radius 3 is 2.61 bits per heavy atom. The van der Waals surface area contributed by atoms with E-state index >= 15 is 0 Å². The number of fused-ring (bicyclic) bond motifs is 3. The number of halogens is 1. The van der Waals surface area contributed by atoms with Gasteiger partial charge in [0, 0.05) is 35.6 Å². The van der Waals surface area contributed by atoms with Gasteiger partial charge in [-0.1, -0.05) is 13.0 Å². The molecule has 0 bridgehead atoms. The predicted octanol–water partition coefficient (Wildman–Crippen LogP) is 5.11. The van der Waals surface area contributed by atoms with Crippen molar-refractivity contribution in [3.63, 3.8) is 0 Å². The van der Waals surface area contributed by atoms with Crippen molar-refractivity contribution in [2.45, 2.75) is 40.7 Å². The number of carbonyl (C=O) groups excluding carboxylic acids is 1. The van der Waals surface area contributed by atoms with Gasteiger partial charge in [0.15, 0.2) is 0 Å². The molecule has 0 atom stereocenters. The highest BCUT2D eigenvalue weighted by atomic mass is 32.1. The lowest BCUT2D eigenvalue weighted by molar-refractivity contribution is -0.116. The predicted molar refractivity (Wildman–Crippen MR) is 134 cm³/mol. The SMILES string of the molecule is CCc1nc2c(sc3cccc(F)c32)c(=O)n1CC(=O)Nc1ccc(N(CC)CC)cc1C. The van der Waals surface area contributed by atoms with Crippen LogP contribution in [0.15, 0.2) is 41.2 Å². The van der Waals surface area contributed by atoms with Crippen molar-refractivity contribution >= 4 is 48.9 Å². The Hall–Kier alpha value is -3.26. The van der Waals surface area contributed by atoms with Crippen molar-refractivity contribution in [1.29, 1.82) is 0 Å². The molecule has 4 aromatic rings. The zero-order valence-corrected chi connectivity index (χ0v) is 20.1. The summed E-state index contributed by atoms with van der Waals surface area (Å²) >= 11 is 1.21. The Bertz CT molecular complexity index is 1410. The van der Waals surface area contributed by atoms with E-state index in [0.717, 1.165) is 24.3 Å². The molecular weight excluding hydrogens is 439 g/mol. The van der Waals surface area contributed by atoms with Crippen LogP contribution in [-0.4, -0.2) is 28.5 Å². The van der Waals surface area contributed by atoms with Crippen molar-refractivity contribution in [3.05, 3.63) is 64.0 Å². The third kappa shape index (κ3) is 4.23. The van der Waals surface area contributed by atoms with E-state index in [2.05, 4.69) is 29.0 Å². The number of hydrogen-bond donors (Lipinski definition) is 1. The molecule has 0 spiro atoms.